The van der Waals surface area contributed by atoms with Crippen molar-refractivity contribution in [1.82, 2.24) is 0 Å². The van der Waals surface area contributed by atoms with Crippen LogP contribution in [-0.4, -0.2) is 29.5 Å². The lowest BCUT2D eigenvalue weighted by molar-refractivity contribution is -0.141. The van der Waals surface area contributed by atoms with E-state index in [2.05, 4.69) is 17.9 Å². The van der Waals surface area contributed by atoms with E-state index in [9.17, 15) is 14.7 Å². The van der Waals surface area contributed by atoms with Crippen molar-refractivity contribution < 1.29 is 24.2 Å². The smallest absolute Gasteiger partial charge is 0.412 e. The van der Waals surface area contributed by atoms with Gasteiger partial charge in [-0.05, 0) is 48.4 Å². The number of hydrogen-bond acceptors (Lipinski definition) is 7. The molecule has 8 heteroatoms. The van der Waals surface area contributed by atoms with Crippen molar-refractivity contribution in [2.75, 3.05) is 17.7 Å². The highest BCUT2D eigenvalue weighted by atomic mass is 32.1. The third-order valence-electron chi connectivity index (χ3n) is 4.53. The summed E-state index contributed by atoms with van der Waals surface area (Å²) in [4.78, 5) is 23.9. The van der Waals surface area contributed by atoms with E-state index in [1.165, 1.54) is 12.1 Å². The van der Waals surface area contributed by atoms with Gasteiger partial charge in [-0.2, -0.15) is 17.9 Å². The molecule has 2 aromatic carbocycles. The van der Waals surface area contributed by atoms with E-state index in [0.29, 0.717) is 23.2 Å². The van der Waals surface area contributed by atoms with Crippen molar-refractivity contribution >= 4 is 30.4 Å². The SMILES string of the molecule is CC(C)(CCOC(=O)CS)[C@@H](OC(=O)Nc1ccc(C#N)cc1)c1ccc(O)cc1. The van der Waals surface area contributed by atoms with Crippen LogP contribution in [0.4, 0.5) is 10.5 Å². The summed E-state index contributed by atoms with van der Waals surface area (Å²) in [6.07, 6.45) is -0.910. The van der Waals surface area contributed by atoms with Gasteiger partial charge in [0.1, 0.15) is 11.9 Å². The van der Waals surface area contributed by atoms with E-state index in [0.717, 1.165) is 0 Å². The zero-order chi connectivity index (χ0) is 22.1. The summed E-state index contributed by atoms with van der Waals surface area (Å²) in [6.45, 7) is 3.95. The van der Waals surface area contributed by atoms with Gasteiger partial charge >= 0.3 is 12.1 Å². The van der Waals surface area contributed by atoms with Gasteiger partial charge in [0.05, 0.1) is 24.0 Å². The Hall–Kier alpha value is -3.18. The number of nitriles is 1. The van der Waals surface area contributed by atoms with Crippen molar-refractivity contribution in [3.8, 4) is 11.8 Å². The fourth-order valence-corrected chi connectivity index (χ4v) is 2.91. The molecule has 0 spiro atoms. The number of nitrogens with zero attached hydrogens (tertiary/aromatic N) is 1. The fraction of sp³-hybridized carbons (Fsp3) is 0.318. The van der Waals surface area contributed by atoms with Gasteiger partial charge in [0, 0.05) is 11.1 Å². The van der Waals surface area contributed by atoms with Crippen molar-refractivity contribution in [3.05, 3.63) is 59.7 Å². The van der Waals surface area contributed by atoms with Gasteiger partial charge in [0.15, 0.2) is 0 Å². The molecule has 0 fully saturated rings. The van der Waals surface area contributed by atoms with E-state index in [1.807, 2.05) is 19.9 Å². The average Bonchev–Trinajstić information content (AvgIpc) is 2.73. The lowest BCUT2D eigenvalue weighted by Crippen LogP contribution is -2.30. The van der Waals surface area contributed by atoms with E-state index < -0.39 is 23.6 Å². The van der Waals surface area contributed by atoms with Crippen molar-refractivity contribution in [2.45, 2.75) is 26.4 Å². The number of ether oxygens (including phenoxy) is 2. The average molecular weight is 429 g/mol. The maximum absolute atomic E-state index is 12.5. The molecule has 158 valence electrons. The number of amides is 1. The maximum atomic E-state index is 12.5. The highest BCUT2D eigenvalue weighted by Gasteiger charge is 2.34. The molecule has 1 amide bonds. The van der Waals surface area contributed by atoms with Gasteiger partial charge in [0.2, 0.25) is 0 Å². The molecule has 7 nitrogen and oxygen atoms in total. The molecule has 0 radical (unpaired) electrons. The van der Waals surface area contributed by atoms with E-state index in [4.69, 9.17) is 14.7 Å². The first-order valence-electron chi connectivity index (χ1n) is 9.28. The molecule has 1 atom stereocenters. The predicted octanol–water partition coefficient (Wildman–Crippen LogP) is 4.44. The Morgan fingerprint density at radius 1 is 1.17 bits per heavy atom. The standard InChI is InChI=1S/C22H24N2O5S/c1-22(2,11-12-28-19(26)14-30)20(16-5-9-18(25)10-6-16)29-21(27)24-17-7-3-15(13-23)4-8-17/h3-10,20,25,30H,11-12,14H2,1-2H3,(H,24,27)/t20-/m0/s1. The number of nitrogens with one attached hydrogen (secondary N) is 1. The Labute approximate surface area is 181 Å². The summed E-state index contributed by atoms with van der Waals surface area (Å²) in [5, 5.41) is 21.1. The Balaban J connectivity index is 2.15. The molecule has 0 aromatic heterocycles. The van der Waals surface area contributed by atoms with Crippen LogP contribution in [0.25, 0.3) is 0 Å². The van der Waals surface area contributed by atoms with Crippen LogP contribution in [0.3, 0.4) is 0 Å². The van der Waals surface area contributed by atoms with E-state index >= 15 is 0 Å². The molecule has 0 aliphatic rings. The normalized spacial score (nSPS) is 11.8. The third kappa shape index (κ3) is 6.71. The molecule has 2 rings (SSSR count). The molecule has 0 aliphatic carbocycles. The highest BCUT2D eigenvalue weighted by Crippen LogP contribution is 2.40. The number of thiol groups is 1. The Bertz CT molecular complexity index is 905. The molecule has 0 unspecified atom stereocenters. The summed E-state index contributed by atoms with van der Waals surface area (Å²) in [5.74, 6) is -0.333. The minimum atomic E-state index is -0.675. The van der Waals surface area contributed by atoms with Crippen LogP contribution in [0.1, 0.15) is 37.5 Å². The third-order valence-corrected chi connectivity index (χ3v) is 4.79. The summed E-state index contributed by atoms with van der Waals surface area (Å²) in [7, 11) is 0. The second-order valence-corrected chi connectivity index (χ2v) is 7.62. The number of esters is 1. The zero-order valence-electron chi connectivity index (χ0n) is 16.8. The van der Waals surface area contributed by atoms with Crippen molar-refractivity contribution in [1.29, 1.82) is 5.26 Å². The number of carbonyl (C=O) groups excluding carboxylic acids is 2. The van der Waals surface area contributed by atoms with Crippen LogP contribution in [0.15, 0.2) is 48.5 Å². The number of carbonyl (C=O) groups is 2. The van der Waals surface area contributed by atoms with Crippen molar-refractivity contribution in [2.24, 2.45) is 5.41 Å². The summed E-state index contributed by atoms with van der Waals surface area (Å²) < 4.78 is 10.9. The molecule has 0 saturated heterocycles. The first-order valence-corrected chi connectivity index (χ1v) is 9.91. The second-order valence-electron chi connectivity index (χ2n) is 7.31. The number of aromatic hydroxyl groups is 1. The fourth-order valence-electron chi connectivity index (χ4n) is 2.81. The number of phenolic OH excluding ortho intramolecular Hbond substituents is 1. The van der Waals surface area contributed by atoms with Gasteiger partial charge in [-0.1, -0.05) is 26.0 Å². The van der Waals surface area contributed by atoms with Crippen LogP contribution in [0.2, 0.25) is 0 Å². The van der Waals surface area contributed by atoms with Crippen LogP contribution < -0.4 is 5.32 Å². The topological polar surface area (TPSA) is 109 Å². The molecule has 2 N–H and O–H groups in total. The lowest BCUT2D eigenvalue weighted by atomic mass is 9.80. The Morgan fingerprint density at radius 3 is 2.37 bits per heavy atom. The number of hydrogen-bond donors (Lipinski definition) is 3. The zero-order valence-corrected chi connectivity index (χ0v) is 17.7. The molecule has 2 aromatic rings. The molecule has 0 saturated carbocycles. The van der Waals surface area contributed by atoms with Gasteiger partial charge in [-0.15, -0.1) is 0 Å². The molecule has 30 heavy (non-hydrogen) atoms. The van der Waals surface area contributed by atoms with Gasteiger partial charge in [0.25, 0.3) is 0 Å². The molecular formula is C22H24N2O5S. The minimum absolute atomic E-state index is 0.00861. The molecule has 0 heterocycles. The minimum Gasteiger partial charge on any atom is -0.508 e. The summed E-state index contributed by atoms with van der Waals surface area (Å²) in [5.41, 5.74) is 1.07. The Kier molecular flexibility index (Phi) is 8.13. The molecular weight excluding hydrogens is 404 g/mol. The quantitative estimate of drug-likeness (QED) is 0.424. The number of phenols is 1. The first-order chi connectivity index (χ1) is 14.2. The van der Waals surface area contributed by atoms with Crippen LogP contribution in [0.5, 0.6) is 5.75 Å². The lowest BCUT2D eigenvalue weighted by Gasteiger charge is -2.34. The molecule has 0 bridgehead atoms. The van der Waals surface area contributed by atoms with Crippen LogP contribution >= 0.6 is 12.6 Å². The first kappa shape index (κ1) is 23.1. The van der Waals surface area contributed by atoms with Crippen LogP contribution in [-0.2, 0) is 14.3 Å². The molecule has 0 aliphatic heterocycles. The number of benzene rings is 2. The number of anilines is 1. The number of rotatable bonds is 8. The largest absolute Gasteiger partial charge is 0.508 e. The van der Waals surface area contributed by atoms with Gasteiger partial charge < -0.3 is 14.6 Å². The van der Waals surface area contributed by atoms with E-state index in [1.54, 1.807) is 36.4 Å². The van der Waals surface area contributed by atoms with Gasteiger partial charge in [-0.3, -0.25) is 10.1 Å². The second kappa shape index (κ2) is 10.6. The summed E-state index contributed by atoms with van der Waals surface area (Å²) in [6, 6.07) is 14.8. The maximum Gasteiger partial charge on any atom is 0.412 e. The highest BCUT2D eigenvalue weighted by molar-refractivity contribution is 7.81. The predicted molar refractivity (Wildman–Crippen MR) is 115 cm³/mol. The summed E-state index contributed by atoms with van der Waals surface area (Å²) >= 11 is 3.88. The Morgan fingerprint density at radius 2 is 1.80 bits per heavy atom. The van der Waals surface area contributed by atoms with Gasteiger partial charge in [-0.25, -0.2) is 4.79 Å². The van der Waals surface area contributed by atoms with Crippen LogP contribution in [0, 0.1) is 16.7 Å². The van der Waals surface area contributed by atoms with E-state index in [-0.39, 0.29) is 18.1 Å². The monoisotopic (exact) mass is 428 g/mol. The van der Waals surface area contributed by atoms with Crippen molar-refractivity contribution in [3.63, 3.8) is 0 Å².